The minimum atomic E-state index is -0.474. The van der Waals surface area contributed by atoms with Gasteiger partial charge in [0.15, 0.2) is 0 Å². The van der Waals surface area contributed by atoms with Gasteiger partial charge < -0.3 is 15.6 Å². The topological polar surface area (TPSA) is 72.6 Å². The summed E-state index contributed by atoms with van der Waals surface area (Å²) >= 11 is 0. The number of phenols is 1. The van der Waals surface area contributed by atoms with Crippen molar-refractivity contribution in [3.8, 4) is 5.75 Å². The number of hydrogen-bond donors (Lipinski definition) is 2. The lowest BCUT2D eigenvalue weighted by molar-refractivity contribution is -0.124. The van der Waals surface area contributed by atoms with Gasteiger partial charge in [-0.25, -0.2) is 0 Å². The zero-order valence-corrected chi connectivity index (χ0v) is 10.4. The summed E-state index contributed by atoms with van der Waals surface area (Å²) in [4.78, 5) is 10.8. The molecule has 0 aliphatic heterocycles. The fourth-order valence-corrected chi connectivity index (χ4v) is 2.73. The highest BCUT2D eigenvalue weighted by molar-refractivity contribution is 5.90. The number of rotatable bonds is 3. The second-order valence-electron chi connectivity index (χ2n) is 4.82. The van der Waals surface area contributed by atoms with E-state index in [1.807, 2.05) is 30.3 Å². The number of hydrogen-bond acceptors (Lipinski definition) is 3. The molecule has 0 spiro atoms. The van der Waals surface area contributed by atoms with E-state index >= 15 is 0 Å². The average molecular weight is 257 g/mol. The molecule has 0 saturated carbocycles. The van der Waals surface area contributed by atoms with Crippen molar-refractivity contribution in [3.05, 3.63) is 41.5 Å². The lowest BCUT2D eigenvalue weighted by Crippen LogP contribution is -2.19. The summed E-state index contributed by atoms with van der Waals surface area (Å²) in [6.45, 7) is -0.0856. The van der Waals surface area contributed by atoms with E-state index in [1.54, 1.807) is 0 Å². The molecule has 1 atom stereocenters. The van der Waals surface area contributed by atoms with E-state index in [0.717, 1.165) is 34.7 Å². The van der Waals surface area contributed by atoms with Crippen LogP contribution in [0.3, 0.4) is 0 Å². The molecular formula is C15H15NO3. The predicted octanol–water partition coefficient (Wildman–Crippen LogP) is 2.03. The normalized spacial score (nSPS) is 17.6. The van der Waals surface area contributed by atoms with E-state index in [4.69, 9.17) is 10.5 Å². The van der Waals surface area contributed by atoms with Crippen molar-refractivity contribution < 1.29 is 14.6 Å². The van der Waals surface area contributed by atoms with Gasteiger partial charge in [0, 0.05) is 10.9 Å². The number of amides is 1. The Morgan fingerprint density at radius 2 is 2.21 bits per heavy atom. The first-order chi connectivity index (χ1) is 9.16. The van der Waals surface area contributed by atoms with Gasteiger partial charge in [-0.15, -0.1) is 0 Å². The van der Waals surface area contributed by atoms with Crippen molar-refractivity contribution in [1.82, 2.24) is 0 Å². The van der Waals surface area contributed by atoms with Crippen LogP contribution in [-0.4, -0.2) is 17.6 Å². The molecule has 0 heterocycles. The van der Waals surface area contributed by atoms with E-state index in [9.17, 15) is 9.90 Å². The highest BCUT2D eigenvalue weighted by atomic mass is 16.5. The first-order valence-corrected chi connectivity index (χ1v) is 6.30. The van der Waals surface area contributed by atoms with E-state index in [0.29, 0.717) is 5.75 Å². The largest absolute Gasteiger partial charge is 0.507 e. The Labute approximate surface area is 110 Å². The van der Waals surface area contributed by atoms with Crippen LogP contribution in [0.5, 0.6) is 5.75 Å². The Kier molecular flexibility index (Phi) is 2.87. The standard InChI is InChI=1S/C15H15NO3/c16-14(17)8-19-13-6-5-11-12(13)7-9-3-1-2-4-10(9)15(11)18/h1-4,7,13,18H,5-6,8H2,(H2,16,17). The monoisotopic (exact) mass is 257 g/mol. The van der Waals surface area contributed by atoms with Crippen molar-refractivity contribution in [2.75, 3.05) is 6.61 Å². The number of carbonyl (C=O) groups excluding carboxylic acids is 1. The highest BCUT2D eigenvalue weighted by Crippen LogP contribution is 2.42. The van der Waals surface area contributed by atoms with Gasteiger partial charge in [0.2, 0.25) is 5.91 Å². The van der Waals surface area contributed by atoms with Crippen molar-refractivity contribution >= 4 is 16.7 Å². The van der Waals surface area contributed by atoms with Gasteiger partial charge in [-0.1, -0.05) is 24.3 Å². The molecule has 0 bridgehead atoms. The maximum absolute atomic E-state index is 10.8. The third-order valence-corrected chi connectivity index (χ3v) is 3.59. The molecule has 2 aromatic rings. The molecule has 0 fully saturated rings. The highest BCUT2D eigenvalue weighted by Gasteiger charge is 2.27. The molecule has 2 aromatic carbocycles. The SMILES string of the molecule is NC(=O)COC1CCc2c1cc1ccccc1c2O. The van der Waals surface area contributed by atoms with E-state index in [2.05, 4.69) is 0 Å². The fourth-order valence-electron chi connectivity index (χ4n) is 2.73. The Balaban J connectivity index is 2.03. The first-order valence-electron chi connectivity index (χ1n) is 6.30. The summed E-state index contributed by atoms with van der Waals surface area (Å²) in [5.74, 6) is -0.142. The number of ether oxygens (including phenoxy) is 1. The van der Waals surface area contributed by atoms with Crippen LogP contribution in [0.2, 0.25) is 0 Å². The summed E-state index contributed by atoms with van der Waals surface area (Å²) in [6, 6.07) is 9.73. The van der Waals surface area contributed by atoms with Crippen LogP contribution >= 0.6 is 0 Å². The summed E-state index contributed by atoms with van der Waals surface area (Å²) in [5.41, 5.74) is 6.99. The van der Waals surface area contributed by atoms with Gasteiger partial charge >= 0.3 is 0 Å². The lowest BCUT2D eigenvalue weighted by atomic mass is 10.0. The lowest BCUT2D eigenvalue weighted by Gasteiger charge is -2.13. The molecule has 19 heavy (non-hydrogen) atoms. The van der Waals surface area contributed by atoms with Gasteiger partial charge in [0.05, 0.1) is 6.10 Å². The van der Waals surface area contributed by atoms with E-state index in [-0.39, 0.29) is 12.7 Å². The smallest absolute Gasteiger partial charge is 0.243 e. The third kappa shape index (κ3) is 2.04. The summed E-state index contributed by atoms with van der Waals surface area (Å²) < 4.78 is 5.51. The van der Waals surface area contributed by atoms with Crippen LogP contribution in [0.4, 0.5) is 0 Å². The van der Waals surface area contributed by atoms with E-state index in [1.165, 1.54) is 0 Å². The molecule has 0 saturated heterocycles. The zero-order chi connectivity index (χ0) is 13.4. The minimum absolute atomic E-state index is 0.0856. The molecule has 1 unspecified atom stereocenters. The van der Waals surface area contributed by atoms with Crippen LogP contribution in [-0.2, 0) is 16.0 Å². The second kappa shape index (κ2) is 4.55. The molecule has 0 aromatic heterocycles. The molecule has 98 valence electrons. The number of aromatic hydroxyl groups is 1. The zero-order valence-electron chi connectivity index (χ0n) is 10.4. The second-order valence-corrected chi connectivity index (χ2v) is 4.82. The number of fused-ring (bicyclic) bond motifs is 2. The van der Waals surface area contributed by atoms with E-state index < -0.39 is 5.91 Å². The summed E-state index contributed by atoms with van der Waals surface area (Å²) in [6.07, 6.45) is 1.38. The van der Waals surface area contributed by atoms with Gasteiger partial charge in [0.1, 0.15) is 12.4 Å². The Hall–Kier alpha value is -2.07. The Bertz CT molecular complexity index is 651. The van der Waals surface area contributed by atoms with Gasteiger partial charge in [0.25, 0.3) is 0 Å². The number of nitrogens with two attached hydrogens (primary N) is 1. The first kappa shape index (κ1) is 12.0. The minimum Gasteiger partial charge on any atom is -0.507 e. The molecule has 3 N–H and O–H groups in total. The van der Waals surface area contributed by atoms with Crippen molar-refractivity contribution in [2.45, 2.75) is 18.9 Å². The molecule has 4 heteroatoms. The Morgan fingerprint density at radius 3 is 3.00 bits per heavy atom. The summed E-state index contributed by atoms with van der Waals surface area (Å²) in [7, 11) is 0. The molecule has 3 rings (SSSR count). The van der Waals surface area contributed by atoms with Crippen molar-refractivity contribution in [1.29, 1.82) is 0 Å². The molecule has 1 aliphatic carbocycles. The molecule has 0 radical (unpaired) electrons. The molecule has 1 amide bonds. The molecule has 1 aliphatic rings. The average Bonchev–Trinajstić information content (AvgIpc) is 2.80. The van der Waals surface area contributed by atoms with Gasteiger partial charge in [-0.3, -0.25) is 4.79 Å². The van der Waals surface area contributed by atoms with Crippen LogP contribution in [0.1, 0.15) is 23.7 Å². The maximum Gasteiger partial charge on any atom is 0.243 e. The molecule has 4 nitrogen and oxygen atoms in total. The van der Waals surface area contributed by atoms with Crippen LogP contribution in [0.25, 0.3) is 10.8 Å². The van der Waals surface area contributed by atoms with Crippen LogP contribution in [0.15, 0.2) is 30.3 Å². The number of benzene rings is 2. The quantitative estimate of drug-likeness (QED) is 0.883. The van der Waals surface area contributed by atoms with Gasteiger partial charge in [-0.05, 0) is 29.9 Å². The van der Waals surface area contributed by atoms with Crippen molar-refractivity contribution in [2.24, 2.45) is 5.73 Å². The Morgan fingerprint density at radius 1 is 1.42 bits per heavy atom. The fraction of sp³-hybridized carbons (Fsp3) is 0.267. The predicted molar refractivity (Wildman–Crippen MR) is 71.8 cm³/mol. The molecular weight excluding hydrogens is 242 g/mol. The van der Waals surface area contributed by atoms with Crippen molar-refractivity contribution in [3.63, 3.8) is 0 Å². The maximum atomic E-state index is 10.8. The van der Waals surface area contributed by atoms with Crippen LogP contribution in [0, 0.1) is 0 Å². The summed E-state index contributed by atoms with van der Waals surface area (Å²) in [5, 5.41) is 12.2. The number of carbonyl (C=O) groups is 1. The number of primary amides is 1. The van der Waals surface area contributed by atoms with Gasteiger partial charge in [-0.2, -0.15) is 0 Å². The third-order valence-electron chi connectivity index (χ3n) is 3.59. The number of phenolic OH excluding ortho intramolecular Hbond substituents is 1. The van der Waals surface area contributed by atoms with Crippen LogP contribution < -0.4 is 5.73 Å².